The number of rotatable bonds is 5. The number of halogens is 3. The highest BCUT2D eigenvalue weighted by Crippen LogP contribution is 2.33. The van der Waals surface area contributed by atoms with Crippen molar-refractivity contribution in [2.75, 3.05) is 13.1 Å². The fourth-order valence-corrected chi connectivity index (χ4v) is 3.74. The number of hydrogen-bond donors (Lipinski definition) is 0. The molecule has 158 valence electrons. The molecule has 0 unspecified atom stereocenters. The van der Waals surface area contributed by atoms with Crippen molar-refractivity contribution in [1.29, 1.82) is 0 Å². The second kappa shape index (κ2) is 7.84. The number of carbonyl (C=O) groups is 1. The summed E-state index contributed by atoms with van der Waals surface area (Å²) in [6.07, 6.45) is -2.28. The zero-order valence-electron chi connectivity index (χ0n) is 16.0. The lowest BCUT2D eigenvalue weighted by Crippen LogP contribution is -2.42. The SMILES string of the molecule is Cc1nn(CCC(=O)N2CCC[C@H](n3nccc3C(F)(F)F)C2)c(C)c1[N+](=O)[O-]. The summed E-state index contributed by atoms with van der Waals surface area (Å²) in [7, 11) is 0. The van der Waals surface area contributed by atoms with E-state index in [2.05, 4.69) is 10.2 Å². The largest absolute Gasteiger partial charge is 0.433 e. The van der Waals surface area contributed by atoms with Crippen LogP contribution in [0.4, 0.5) is 18.9 Å². The highest BCUT2D eigenvalue weighted by molar-refractivity contribution is 5.76. The number of hydrogen-bond acceptors (Lipinski definition) is 5. The summed E-state index contributed by atoms with van der Waals surface area (Å²) in [4.78, 5) is 24.7. The van der Waals surface area contributed by atoms with Gasteiger partial charge in [-0.25, -0.2) is 0 Å². The lowest BCUT2D eigenvalue weighted by atomic mass is 10.1. The monoisotopic (exact) mass is 414 g/mol. The smallest absolute Gasteiger partial charge is 0.340 e. The molecule has 1 aliphatic heterocycles. The maximum absolute atomic E-state index is 13.1. The molecule has 2 aromatic rings. The van der Waals surface area contributed by atoms with Gasteiger partial charge in [0.2, 0.25) is 5.91 Å². The van der Waals surface area contributed by atoms with Gasteiger partial charge in [0.25, 0.3) is 0 Å². The molecule has 9 nitrogen and oxygen atoms in total. The standard InChI is InChI=1S/C17H21F3N6O3/c1-11-16(26(28)29)12(2)24(22-11)9-6-15(27)23-8-3-4-13(10-23)25-14(5-7-21-25)17(18,19)20/h5,7,13H,3-4,6,8-10H2,1-2H3/t13-/m0/s1. The molecule has 0 N–H and O–H groups in total. The molecule has 2 aromatic heterocycles. The summed E-state index contributed by atoms with van der Waals surface area (Å²) in [5.41, 5.74) is -0.264. The van der Waals surface area contributed by atoms with Crippen LogP contribution in [0.1, 0.15) is 42.4 Å². The summed E-state index contributed by atoms with van der Waals surface area (Å²) in [5, 5.41) is 19.0. The minimum Gasteiger partial charge on any atom is -0.340 e. The quantitative estimate of drug-likeness (QED) is 0.553. The van der Waals surface area contributed by atoms with Gasteiger partial charge >= 0.3 is 11.9 Å². The van der Waals surface area contributed by atoms with E-state index in [1.165, 1.54) is 16.5 Å². The Morgan fingerprint density at radius 1 is 1.38 bits per heavy atom. The van der Waals surface area contributed by atoms with E-state index in [4.69, 9.17) is 0 Å². The van der Waals surface area contributed by atoms with Gasteiger partial charge in [-0.3, -0.25) is 24.3 Å². The summed E-state index contributed by atoms with van der Waals surface area (Å²) in [6.45, 7) is 3.85. The molecule has 1 fully saturated rings. The van der Waals surface area contributed by atoms with E-state index in [1.54, 1.807) is 6.92 Å². The summed E-state index contributed by atoms with van der Waals surface area (Å²) in [6, 6.07) is 0.380. The maximum atomic E-state index is 13.1. The molecule has 29 heavy (non-hydrogen) atoms. The number of amides is 1. The van der Waals surface area contributed by atoms with E-state index >= 15 is 0 Å². The van der Waals surface area contributed by atoms with E-state index in [0.717, 1.165) is 16.9 Å². The topological polar surface area (TPSA) is 99.1 Å². The third-order valence-corrected chi connectivity index (χ3v) is 5.12. The van der Waals surface area contributed by atoms with E-state index in [-0.39, 0.29) is 36.8 Å². The van der Waals surface area contributed by atoms with Gasteiger partial charge in [-0.1, -0.05) is 0 Å². The Bertz CT molecular complexity index is 920. The molecule has 0 aromatic carbocycles. The first-order chi connectivity index (χ1) is 13.6. The predicted molar refractivity (Wildman–Crippen MR) is 95.1 cm³/mol. The Kier molecular flexibility index (Phi) is 5.62. The number of aromatic nitrogens is 4. The second-order valence-corrected chi connectivity index (χ2v) is 7.04. The molecule has 0 radical (unpaired) electrons. The molecule has 0 bridgehead atoms. The minimum atomic E-state index is -4.51. The molecule has 0 aliphatic carbocycles. The molecule has 1 amide bonds. The van der Waals surface area contributed by atoms with Crippen molar-refractivity contribution < 1.29 is 22.9 Å². The van der Waals surface area contributed by atoms with Gasteiger partial charge in [-0.05, 0) is 32.8 Å². The Morgan fingerprint density at radius 2 is 2.10 bits per heavy atom. The number of alkyl halides is 3. The van der Waals surface area contributed by atoms with Crippen LogP contribution in [-0.2, 0) is 17.5 Å². The van der Waals surface area contributed by atoms with Crippen molar-refractivity contribution >= 4 is 11.6 Å². The number of nitrogens with zero attached hydrogens (tertiary/aromatic N) is 6. The summed E-state index contributed by atoms with van der Waals surface area (Å²) < 4.78 is 41.8. The minimum absolute atomic E-state index is 0.0526. The van der Waals surface area contributed by atoms with Crippen molar-refractivity contribution in [3.8, 4) is 0 Å². The van der Waals surface area contributed by atoms with Crippen molar-refractivity contribution in [3.63, 3.8) is 0 Å². The van der Waals surface area contributed by atoms with Crippen molar-refractivity contribution in [3.05, 3.63) is 39.5 Å². The van der Waals surface area contributed by atoms with Crippen LogP contribution in [0.2, 0.25) is 0 Å². The lowest BCUT2D eigenvalue weighted by molar-refractivity contribution is -0.386. The average molecular weight is 414 g/mol. The third kappa shape index (κ3) is 4.25. The van der Waals surface area contributed by atoms with Crippen LogP contribution in [0.3, 0.4) is 0 Å². The molecule has 0 spiro atoms. The van der Waals surface area contributed by atoms with Crippen LogP contribution in [0, 0.1) is 24.0 Å². The van der Waals surface area contributed by atoms with E-state index in [0.29, 0.717) is 25.1 Å². The Hall–Kier alpha value is -2.92. The summed E-state index contributed by atoms with van der Waals surface area (Å²) in [5.74, 6) is -0.231. The molecule has 0 saturated carbocycles. The highest BCUT2D eigenvalue weighted by atomic mass is 19.4. The van der Waals surface area contributed by atoms with E-state index < -0.39 is 22.8 Å². The van der Waals surface area contributed by atoms with Crippen LogP contribution in [0.15, 0.2) is 12.3 Å². The highest BCUT2D eigenvalue weighted by Gasteiger charge is 2.37. The van der Waals surface area contributed by atoms with E-state index in [9.17, 15) is 28.1 Å². The molecule has 3 heterocycles. The number of carbonyl (C=O) groups excluding carboxylic acids is 1. The van der Waals surface area contributed by atoms with Crippen molar-refractivity contribution in [1.82, 2.24) is 24.5 Å². The average Bonchev–Trinajstić information content (AvgIpc) is 3.24. The fourth-order valence-electron chi connectivity index (χ4n) is 3.74. The maximum Gasteiger partial charge on any atom is 0.433 e. The van der Waals surface area contributed by atoms with Gasteiger partial charge < -0.3 is 4.90 Å². The van der Waals surface area contributed by atoms with Crippen LogP contribution in [-0.4, -0.2) is 48.4 Å². The molecule has 1 aliphatic rings. The number of likely N-dealkylation sites (tertiary alicyclic amines) is 1. The van der Waals surface area contributed by atoms with Gasteiger partial charge in [0, 0.05) is 25.7 Å². The molecule has 1 saturated heterocycles. The van der Waals surface area contributed by atoms with Crippen molar-refractivity contribution in [2.45, 2.75) is 51.9 Å². The van der Waals surface area contributed by atoms with Gasteiger partial charge in [0.15, 0.2) is 0 Å². The number of piperidine rings is 1. The Morgan fingerprint density at radius 3 is 2.72 bits per heavy atom. The van der Waals surface area contributed by atoms with Gasteiger partial charge in [0.1, 0.15) is 17.1 Å². The summed E-state index contributed by atoms with van der Waals surface area (Å²) >= 11 is 0. The first kappa shape index (κ1) is 20.8. The van der Waals surface area contributed by atoms with Crippen LogP contribution < -0.4 is 0 Å². The van der Waals surface area contributed by atoms with Gasteiger partial charge in [-0.2, -0.15) is 23.4 Å². The number of aryl methyl sites for hydroxylation is 2. The van der Waals surface area contributed by atoms with Gasteiger partial charge in [0.05, 0.1) is 17.5 Å². The second-order valence-electron chi connectivity index (χ2n) is 7.04. The lowest BCUT2D eigenvalue weighted by Gasteiger charge is -2.33. The number of nitro groups is 1. The first-order valence-corrected chi connectivity index (χ1v) is 9.16. The Labute approximate surface area is 164 Å². The zero-order valence-corrected chi connectivity index (χ0v) is 16.0. The van der Waals surface area contributed by atoms with E-state index in [1.807, 2.05) is 0 Å². The molecular weight excluding hydrogens is 393 g/mol. The van der Waals surface area contributed by atoms with Crippen LogP contribution in [0.25, 0.3) is 0 Å². The van der Waals surface area contributed by atoms with Crippen molar-refractivity contribution in [2.24, 2.45) is 0 Å². The van der Waals surface area contributed by atoms with Gasteiger partial charge in [-0.15, -0.1) is 0 Å². The molecule has 1 atom stereocenters. The molecule has 12 heteroatoms. The zero-order chi connectivity index (χ0) is 21.3. The molecular formula is C17H21F3N6O3. The van der Waals surface area contributed by atoms with Crippen LogP contribution in [0.5, 0.6) is 0 Å². The Balaban J connectivity index is 1.66. The predicted octanol–water partition coefficient (Wildman–Crippen LogP) is 2.88. The molecule has 3 rings (SSSR count). The van der Waals surface area contributed by atoms with Crippen LogP contribution >= 0.6 is 0 Å². The normalized spacial score (nSPS) is 17.6. The first-order valence-electron chi connectivity index (χ1n) is 9.16. The third-order valence-electron chi connectivity index (χ3n) is 5.12. The fraction of sp³-hybridized carbons (Fsp3) is 0.588.